The number of anilines is 1. The SMILES string of the molecule is CC(NC(=O)c1ncnc(C#CCCCO)c1Cl)c1ncc(C(=O)Nc2cc(C(F)(F)F)c(Cl)cn2)s1. The van der Waals surface area contributed by atoms with Gasteiger partial charge in [-0.3, -0.25) is 9.59 Å². The van der Waals surface area contributed by atoms with Crippen molar-refractivity contribution in [3.63, 3.8) is 0 Å². The maximum Gasteiger partial charge on any atom is 0.418 e. The quantitative estimate of drug-likeness (QED) is 0.280. The molecule has 0 saturated carbocycles. The molecule has 0 aliphatic carbocycles. The number of nitrogens with one attached hydrogen (secondary N) is 2. The van der Waals surface area contributed by atoms with Gasteiger partial charge in [0.1, 0.15) is 32.7 Å². The number of aliphatic hydroxyl groups excluding tert-OH is 1. The zero-order chi connectivity index (χ0) is 27.2. The molecule has 2 amide bonds. The summed E-state index contributed by atoms with van der Waals surface area (Å²) in [4.78, 5) is 40.9. The fourth-order valence-electron chi connectivity index (χ4n) is 2.75. The Bertz CT molecular complexity index is 1370. The maximum absolute atomic E-state index is 13.0. The monoisotopic (exact) mass is 572 g/mol. The van der Waals surface area contributed by atoms with Crippen molar-refractivity contribution < 1.29 is 27.9 Å². The average Bonchev–Trinajstić information content (AvgIpc) is 3.34. The van der Waals surface area contributed by atoms with Crippen LogP contribution < -0.4 is 10.6 Å². The number of pyridine rings is 1. The number of aliphatic hydroxyl groups is 1. The molecule has 3 N–H and O–H groups in total. The highest BCUT2D eigenvalue weighted by Gasteiger charge is 2.34. The number of aromatic nitrogens is 4. The predicted octanol–water partition coefficient (Wildman–Crippen LogP) is 4.52. The van der Waals surface area contributed by atoms with Crippen molar-refractivity contribution in [2.45, 2.75) is 32.0 Å². The first kappa shape index (κ1) is 28.3. The van der Waals surface area contributed by atoms with E-state index in [9.17, 15) is 22.8 Å². The summed E-state index contributed by atoms with van der Waals surface area (Å²) >= 11 is 12.7. The van der Waals surface area contributed by atoms with Gasteiger partial charge in [0.25, 0.3) is 11.8 Å². The maximum atomic E-state index is 13.0. The van der Waals surface area contributed by atoms with Crippen LogP contribution in [0.2, 0.25) is 10.0 Å². The standard InChI is InChI=1S/C22H17Cl2F3N6O3S/c1-11(32-20(36)18-17(24)14(30-10-31-18)5-3-2-4-6-34)21-29-9-15(37-21)19(35)33-16-7-12(22(25,26)27)13(23)8-28-16/h7-11,34H,2,4,6H2,1H3,(H,32,36)(H,28,33,35). The lowest BCUT2D eigenvalue weighted by Crippen LogP contribution is -2.28. The number of carbonyl (C=O) groups is 2. The zero-order valence-corrected chi connectivity index (χ0v) is 21.2. The molecule has 0 spiro atoms. The van der Waals surface area contributed by atoms with Crippen LogP contribution in [0.3, 0.4) is 0 Å². The molecule has 0 radical (unpaired) electrons. The molecule has 0 fully saturated rings. The van der Waals surface area contributed by atoms with Crippen LogP contribution in [-0.2, 0) is 6.18 Å². The summed E-state index contributed by atoms with van der Waals surface area (Å²) in [6, 6.07) is -0.0449. The third kappa shape index (κ3) is 7.36. The number of unbranched alkanes of at least 4 members (excludes halogenated alkanes) is 1. The molecule has 3 aromatic heterocycles. The van der Waals surface area contributed by atoms with Gasteiger partial charge in [-0.2, -0.15) is 13.2 Å². The Labute approximate surface area is 222 Å². The van der Waals surface area contributed by atoms with Crippen molar-refractivity contribution in [2.75, 3.05) is 11.9 Å². The Hall–Kier alpha value is -3.31. The van der Waals surface area contributed by atoms with E-state index in [1.54, 1.807) is 6.92 Å². The van der Waals surface area contributed by atoms with Crippen LogP contribution in [-0.4, -0.2) is 43.5 Å². The topological polar surface area (TPSA) is 130 Å². The Morgan fingerprint density at radius 1 is 1.16 bits per heavy atom. The van der Waals surface area contributed by atoms with Gasteiger partial charge in [0.2, 0.25) is 0 Å². The molecule has 0 aliphatic rings. The molecule has 3 rings (SSSR count). The van der Waals surface area contributed by atoms with Crippen molar-refractivity contribution >= 4 is 52.2 Å². The number of nitrogens with zero attached hydrogens (tertiary/aromatic N) is 4. The summed E-state index contributed by atoms with van der Waals surface area (Å²) in [5, 5.41) is 13.4. The minimum absolute atomic E-state index is 0.00509. The van der Waals surface area contributed by atoms with Gasteiger partial charge < -0.3 is 15.7 Å². The van der Waals surface area contributed by atoms with Crippen LogP contribution in [0.25, 0.3) is 0 Å². The number of carbonyl (C=O) groups excluding carboxylic acids is 2. The molecule has 0 bridgehead atoms. The highest BCUT2D eigenvalue weighted by Crippen LogP contribution is 2.35. The number of amides is 2. The van der Waals surface area contributed by atoms with E-state index in [0.717, 1.165) is 23.9 Å². The summed E-state index contributed by atoms with van der Waals surface area (Å²) in [6.45, 7) is 1.61. The third-order valence-corrected chi connectivity index (χ3v) is 6.38. The molecule has 37 heavy (non-hydrogen) atoms. The van der Waals surface area contributed by atoms with Gasteiger partial charge in [0.15, 0.2) is 5.69 Å². The first-order valence-electron chi connectivity index (χ1n) is 10.4. The molecule has 0 saturated heterocycles. The van der Waals surface area contributed by atoms with Crippen LogP contribution in [0.1, 0.15) is 62.2 Å². The zero-order valence-electron chi connectivity index (χ0n) is 18.9. The molecule has 0 aromatic carbocycles. The Balaban J connectivity index is 1.68. The Kier molecular flexibility index (Phi) is 9.39. The van der Waals surface area contributed by atoms with Crippen LogP contribution in [0.4, 0.5) is 19.0 Å². The first-order valence-corrected chi connectivity index (χ1v) is 12.0. The second-order valence-corrected chi connectivity index (χ2v) is 9.12. The molecule has 194 valence electrons. The third-order valence-electron chi connectivity index (χ3n) is 4.54. The van der Waals surface area contributed by atoms with Crippen LogP contribution in [0.5, 0.6) is 0 Å². The molecule has 15 heteroatoms. The second-order valence-electron chi connectivity index (χ2n) is 7.27. The number of hydrogen-bond donors (Lipinski definition) is 3. The minimum atomic E-state index is -4.72. The molecule has 3 heterocycles. The van der Waals surface area contributed by atoms with Crippen molar-refractivity contribution in [3.8, 4) is 11.8 Å². The van der Waals surface area contributed by atoms with E-state index >= 15 is 0 Å². The summed E-state index contributed by atoms with van der Waals surface area (Å²) < 4.78 is 39.1. The van der Waals surface area contributed by atoms with Gasteiger partial charge in [0.05, 0.1) is 22.8 Å². The average molecular weight is 573 g/mol. The van der Waals surface area contributed by atoms with E-state index in [-0.39, 0.29) is 33.7 Å². The van der Waals surface area contributed by atoms with E-state index < -0.39 is 34.6 Å². The number of rotatable bonds is 7. The Morgan fingerprint density at radius 3 is 2.62 bits per heavy atom. The number of hydrogen-bond acceptors (Lipinski definition) is 8. The van der Waals surface area contributed by atoms with Crippen molar-refractivity contribution in [2.24, 2.45) is 0 Å². The van der Waals surface area contributed by atoms with Gasteiger partial charge in [0, 0.05) is 19.2 Å². The largest absolute Gasteiger partial charge is 0.418 e. The predicted molar refractivity (Wildman–Crippen MR) is 130 cm³/mol. The molecular formula is C22H17Cl2F3N6O3S. The van der Waals surface area contributed by atoms with Gasteiger partial charge >= 0.3 is 6.18 Å². The number of halogens is 5. The molecule has 3 aromatic rings. The fraction of sp³-hybridized carbons (Fsp3) is 0.273. The lowest BCUT2D eigenvalue weighted by atomic mass is 10.2. The van der Waals surface area contributed by atoms with Crippen LogP contribution in [0.15, 0.2) is 24.8 Å². The molecule has 9 nitrogen and oxygen atoms in total. The van der Waals surface area contributed by atoms with E-state index in [2.05, 4.69) is 42.4 Å². The van der Waals surface area contributed by atoms with Gasteiger partial charge in [-0.25, -0.2) is 19.9 Å². The lowest BCUT2D eigenvalue weighted by Gasteiger charge is -2.12. The van der Waals surface area contributed by atoms with Crippen molar-refractivity contribution in [1.29, 1.82) is 0 Å². The minimum Gasteiger partial charge on any atom is -0.396 e. The molecule has 1 unspecified atom stereocenters. The summed E-state index contributed by atoms with van der Waals surface area (Å²) in [7, 11) is 0. The van der Waals surface area contributed by atoms with E-state index in [0.29, 0.717) is 23.9 Å². The Morgan fingerprint density at radius 2 is 1.92 bits per heavy atom. The summed E-state index contributed by atoms with van der Waals surface area (Å²) in [5.41, 5.74) is -1.09. The number of alkyl halides is 3. The summed E-state index contributed by atoms with van der Waals surface area (Å²) in [6.07, 6.45) is -0.657. The van der Waals surface area contributed by atoms with Crippen molar-refractivity contribution in [3.05, 3.63) is 61.7 Å². The fourth-order valence-corrected chi connectivity index (χ4v) is 4.01. The van der Waals surface area contributed by atoms with E-state index in [4.69, 9.17) is 28.3 Å². The normalized spacial score (nSPS) is 11.9. The lowest BCUT2D eigenvalue weighted by molar-refractivity contribution is -0.137. The van der Waals surface area contributed by atoms with Gasteiger partial charge in [-0.05, 0) is 25.3 Å². The molecule has 0 aliphatic heterocycles. The smallest absolute Gasteiger partial charge is 0.396 e. The first-order chi connectivity index (χ1) is 17.5. The second kappa shape index (κ2) is 12.3. The van der Waals surface area contributed by atoms with Gasteiger partial charge in [-0.15, -0.1) is 11.3 Å². The van der Waals surface area contributed by atoms with E-state index in [1.165, 1.54) is 6.20 Å². The van der Waals surface area contributed by atoms with Gasteiger partial charge in [-0.1, -0.05) is 29.1 Å². The van der Waals surface area contributed by atoms with Crippen molar-refractivity contribution in [1.82, 2.24) is 25.3 Å². The highest BCUT2D eigenvalue weighted by molar-refractivity contribution is 7.13. The van der Waals surface area contributed by atoms with Crippen LogP contribution in [0, 0.1) is 11.8 Å². The number of thiazole rings is 1. The highest BCUT2D eigenvalue weighted by atomic mass is 35.5. The molecular weight excluding hydrogens is 556 g/mol. The van der Waals surface area contributed by atoms with E-state index in [1.807, 2.05) is 0 Å². The summed E-state index contributed by atoms with van der Waals surface area (Å²) in [5.74, 6) is 3.80. The van der Waals surface area contributed by atoms with Crippen LogP contribution >= 0.6 is 34.5 Å². The molecule has 1 atom stereocenters.